The molecule has 2 aliphatic heterocycles. The molecule has 0 saturated carbocycles. The summed E-state index contributed by atoms with van der Waals surface area (Å²) in [6.07, 6.45) is 3.52. The van der Waals surface area contributed by atoms with E-state index >= 15 is 0 Å². The van der Waals surface area contributed by atoms with E-state index in [1.54, 1.807) is 53.7 Å². The van der Waals surface area contributed by atoms with Crippen LogP contribution in [-0.2, 0) is 10.0 Å². The van der Waals surface area contributed by atoms with Gasteiger partial charge in [-0.1, -0.05) is 23.7 Å². The summed E-state index contributed by atoms with van der Waals surface area (Å²) in [6.45, 7) is 0.236. The molecular weight excluding hydrogens is 512 g/mol. The van der Waals surface area contributed by atoms with Crippen LogP contribution in [0.25, 0.3) is 22.0 Å². The SMILES string of the molecule is O=C(c1ccc(-c2ccncc2)cc1)N1C2CC(O)CC1CN(S(=O)(=O)c1cc3cc(Cl)ccc3[nH]1)C2. The Morgan fingerprint density at radius 1 is 0.946 bits per heavy atom. The number of amides is 1. The van der Waals surface area contributed by atoms with Crippen molar-refractivity contribution in [1.29, 1.82) is 0 Å². The van der Waals surface area contributed by atoms with E-state index in [1.165, 1.54) is 4.31 Å². The lowest BCUT2D eigenvalue weighted by molar-refractivity contribution is -0.0246. The number of aromatic amines is 1. The van der Waals surface area contributed by atoms with Crippen LogP contribution in [0.15, 0.2) is 78.1 Å². The van der Waals surface area contributed by atoms with Crippen molar-refractivity contribution in [3.8, 4) is 11.1 Å². The normalized spacial score (nSPS) is 22.3. The molecule has 190 valence electrons. The van der Waals surface area contributed by atoms with Gasteiger partial charge < -0.3 is 15.0 Å². The minimum Gasteiger partial charge on any atom is -0.393 e. The van der Waals surface area contributed by atoms with Crippen molar-refractivity contribution in [2.75, 3.05) is 13.1 Å². The van der Waals surface area contributed by atoms with Crippen LogP contribution in [0, 0.1) is 0 Å². The number of carbonyl (C=O) groups excluding carboxylic acids is 1. The Morgan fingerprint density at radius 3 is 2.27 bits per heavy atom. The maximum atomic E-state index is 13.6. The van der Waals surface area contributed by atoms with Gasteiger partial charge in [-0.3, -0.25) is 9.78 Å². The Bertz CT molecular complexity index is 1560. The van der Waals surface area contributed by atoms with E-state index in [0.29, 0.717) is 34.3 Å². The number of piperazine rings is 1. The highest BCUT2D eigenvalue weighted by molar-refractivity contribution is 7.89. The third-order valence-electron chi connectivity index (χ3n) is 7.26. The van der Waals surface area contributed by atoms with Gasteiger partial charge in [0, 0.05) is 59.1 Å². The summed E-state index contributed by atoms with van der Waals surface area (Å²) in [6, 6.07) is 17.1. The smallest absolute Gasteiger partial charge is 0.258 e. The second-order valence-electron chi connectivity index (χ2n) is 9.65. The quantitative estimate of drug-likeness (QED) is 0.411. The van der Waals surface area contributed by atoms with Gasteiger partial charge in [0.25, 0.3) is 15.9 Å². The highest BCUT2D eigenvalue weighted by Gasteiger charge is 2.46. The fraction of sp³-hybridized carbons (Fsp3) is 0.259. The molecule has 0 radical (unpaired) electrons. The van der Waals surface area contributed by atoms with Crippen LogP contribution in [0.3, 0.4) is 0 Å². The van der Waals surface area contributed by atoms with E-state index in [2.05, 4.69) is 9.97 Å². The first kappa shape index (κ1) is 24.1. The van der Waals surface area contributed by atoms with Crippen molar-refractivity contribution in [2.45, 2.75) is 36.1 Å². The summed E-state index contributed by atoms with van der Waals surface area (Å²) < 4.78 is 28.6. The molecule has 2 N–H and O–H groups in total. The Labute approximate surface area is 219 Å². The van der Waals surface area contributed by atoms with Crippen LogP contribution in [0.2, 0.25) is 5.02 Å². The third kappa shape index (κ3) is 4.42. The van der Waals surface area contributed by atoms with Gasteiger partial charge >= 0.3 is 0 Å². The standard InChI is InChI=1S/C27H25ClN4O4S/c28-21-5-6-25-20(11-21)12-26(30-25)37(35,36)31-15-22-13-24(33)14-23(16-31)32(22)27(34)19-3-1-17(2-4-19)18-7-9-29-10-8-18/h1-12,22-24,30,33H,13-16H2. The van der Waals surface area contributed by atoms with Crippen LogP contribution in [0.5, 0.6) is 0 Å². The minimum atomic E-state index is -3.84. The first-order valence-corrected chi connectivity index (χ1v) is 13.9. The molecule has 4 aromatic rings. The van der Waals surface area contributed by atoms with Gasteiger partial charge in [0.1, 0.15) is 5.03 Å². The van der Waals surface area contributed by atoms with Gasteiger partial charge in [-0.2, -0.15) is 4.31 Å². The molecule has 0 aliphatic carbocycles. The number of H-pyrrole nitrogens is 1. The summed E-state index contributed by atoms with van der Waals surface area (Å²) >= 11 is 6.07. The molecule has 0 spiro atoms. The van der Waals surface area contributed by atoms with Crippen LogP contribution >= 0.6 is 11.6 Å². The molecule has 6 rings (SSSR count). The van der Waals surface area contributed by atoms with Crippen molar-refractivity contribution in [3.63, 3.8) is 0 Å². The predicted octanol–water partition coefficient (Wildman–Crippen LogP) is 3.92. The van der Waals surface area contributed by atoms with Gasteiger partial charge in [0.2, 0.25) is 0 Å². The second kappa shape index (κ2) is 9.25. The Kier molecular flexibility index (Phi) is 6.03. The number of rotatable bonds is 4. The predicted molar refractivity (Wildman–Crippen MR) is 141 cm³/mol. The molecule has 2 aliphatic rings. The summed E-state index contributed by atoms with van der Waals surface area (Å²) in [4.78, 5) is 22.4. The van der Waals surface area contributed by atoms with E-state index in [1.807, 2.05) is 24.3 Å². The number of carbonyl (C=O) groups is 1. The number of halogens is 1. The number of aliphatic hydroxyl groups is 1. The molecule has 1 amide bonds. The van der Waals surface area contributed by atoms with Gasteiger partial charge in [0.15, 0.2) is 0 Å². The van der Waals surface area contributed by atoms with Crippen LogP contribution in [0.1, 0.15) is 23.2 Å². The molecule has 2 fully saturated rings. The van der Waals surface area contributed by atoms with Crippen molar-refractivity contribution >= 4 is 38.4 Å². The third-order valence-corrected chi connectivity index (χ3v) is 9.25. The van der Waals surface area contributed by atoms with Crippen LogP contribution < -0.4 is 0 Å². The second-order valence-corrected chi connectivity index (χ2v) is 12.0. The number of nitrogens with zero attached hydrogens (tertiary/aromatic N) is 3. The summed E-state index contributed by atoms with van der Waals surface area (Å²) in [5, 5.41) is 11.8. The first-order chi connectivity index (χ1) is 17.8. The number of benzene rings is 2. The number of nitrogens with one attached hydrogen (secondary N) is 1. The molecule has 2 bridgehead atoms. The number of hydrogen-bond donors (Lipinski definition) is 2. The molecule has 4 heterocycles. The number of hydrogen-bond acceptors (Lipinski definition) is 5. The first-order valence-electron chi connectivity index (χ1n) is 12.1. The number of fused-ring (bicyclic) bond motifs is 3. The van der Waals surface area contributed by atoms with Crippen molar-refractivity contribution < 1.29 is 18.3 Å². The highest BCUT2D eigenvalue weighted by atomic mass is 35.5. The van der Waals surface area contributed by atoms with E-state index in [4.69, 9.17) is 11.6 Å². The lowest BCUT2D eigenvalue weighted by atomic mass is 9.89. The number of sulfonamides is 1. The molecule has 2 aromatic carbocycles. The summed E-state index contributed by atoms with van der Waals surface area (Å²) in [5.41, 5.74) is 3.20. The summed E-state index contributed by atoms with van der Waals surface area (Å²) in [7, 11) is -3.84. The molecule has 8 nitrogen and oxygen atoms in total. The lowest BCUT2D eigenvalue weighted by Gasteiger charge is -2.50. The molecule has 37 heavy (non-hydrogen) atoms. The van der Waals surface area contributed by atoms with Gasteiger partial charge in [0.05, 0.1) is 6.10 Å². The van der Waals surface area contributed by atoms with E-state index in [9.17, 15) is 18.3 Å². The highest BCUT2D eigenvalue weighted by Crippen LogP contribution is 2.34. The maximum Gasteiger partial charge on any atom is 0.258 e. The van der Waals surface area contributed by atoms with Crippen LogP contribution in [0.4, 0.5) is 0 Å². The van der Waals surface area contributed by atoms with Crippen molar-refractivity contribution in [1.82, 2.24) is 19.2 Å². The number of aliphatic hydroxyl groups excluding tert-OH is 1. The number of pyridine rings is 1. The average molecular weight is 537 g/mol. The molecule has 2 unspecified atom stereocenters. The van der Waals surface area contributed by atoms with Crippen molar-refractivity contribution in [2.24, 2.45) is 0 Å². The Morgan fingerprint density at radius 2 is 1.59 bits per heavy atom. The number of piperidine rings is 1. The Hall–Kier alpha value is -3.24. The zero-order valence-corrected chi connectivity index (χ0v) is 21.4. The number of aromatic nitrogens is 2. The van der Waals surface area contributed by atoms with E-state index in [-0.39, 0.29) is 24.0 Å². The molecule has 2 aromatic heterocycles. The van der Waals surface area contributed by atoms with E-state index < -0.39 is 28.2 Å². The topological polar surface area (TPSA) is 107 Å². The fourth-order valence-electron chi connectivity index (χ4n) is 5.50. The average Bonchev–Trinajstić information content (AvgIpc) is 3.32. The Balaban J connectivity index is 1.25. The fourth-order valence-corrected chi connectivity index (χ4v) is 7.21. The molecule has 2 atom stereocenters. The minimum absolute atomic E-state index is 0.0925. The van der Waals surface area contributed by atoms with E-state index in [0.717, 1.165) is 11.1 Å². The van der Waals surface area contributed by atoms with Gasteiger partial charge in [-0.05, 0) is 72.5 Å². The monoisotopic (exact) mass is 536 g/mol. The zero-order chi connectivity index (χ0) is 25.7. The van der Waals surface area contributed by atoms with Gasteiger partial charge in [-0.25, -0.2) is 8.42 Å². The molecule has 10 heteroatoms. The summed E-state index contributed by atoms with van der Waals surface area (Å²) in [5.74, 6) is -0.152. The maximum absolute atomic E-state index is 13.6. The van der Waals surface area contributed by atoms with Crippen molar-refractivity contribution in [3.05, 3.63) is 83.6 Å². The zero-order valence-electron chi connectivity index (χ0n) is 19.8. The lowest BCUT2D eigenvalue weighted by Crippen LogP contribution is -2.65. The molecular formula is C27H25ClN4O4S. The van der Waals surface area contributed by atoms with Crippen LogP contribution in [-0.4, -0.2) is 69.9 Å². The largest absolute Gasteiger partial charge is 0.393 e. The van der Waals surface area contributed by atoms with Gasteiger partial charge in [-0.15, -0.1) is 0 Å². The molecule has 2 saturated heterocycles.